The number of nitrogens with one attached hydrogen (secondary N) is 1. The van der Waals surface area contributed by atoms with Gasteiger partial charge in [0.25, 0.3) is 0 Å². The highest BCUT2D eigenvalue weighted by atomic mass is 35.5. The van der Waals surface area contributed by atoms with E-state index in [2.05, 4.69) is 10.3 Å². The lowest BCUT2D eigenvalue weighted by Gasteiger charge is -2.15. The van der Waals surface area contributed by atoms with Gasteiger partial charge in [-0.2, -0.15) is 0 Å². The van der Waals surface area contributed by atoms with Crippen molar-refractivity contribution in [3.05, 3.63) is 23.5 Å². The lowest BCUT2D eigenvalue weighted by atomic mass is 10.1. The van der Waals surface area contributed by atoms with E-state index < -0.39 is 12.0 Å². The van der Waals surface area contributed by atoms with Gasteiger partial charge in [0, 0.05) is 12.4 Å². The molecule has 0 saturated heterocycles. The van der Waals surface area contributed by atoms with Gasteiger partial charge in [0.15, 0.2) is 0 Å². The second-order valence-electron chi connectivity index (χ2n) is 3.53. The number of carbonyl (C=O) groups is 1. The Balaban J connectivity index is 2.68. The molecule has 0 radical (unpaired) electrons. The van der Waals surface area contributed by atoms with Crippen LogP contribution in [0.15, 0.2) is 18.5 Å². The number of rotatable bonds is 6. The SMILES string of the molecule is CCCC[C@H](Nc1ccncc1Cl)C(=O)O. The third-order valence-corrected chi connectivity index (χ3v) is 2.55. The highest BCUT2D eigenvalue weighted by Crippen LogP contribution is 2.21. The topological polar surface area (TPSA) is 62.2 Å². The summed E-state index contributed by atoms with van der Waals surface area (Å²) >= 11 is 5.89. The molecule has 1 aromatic rings. The van der Waals surface area contributed by atoms with Gasteiger partial charge in [0.05, 0.1) is 10.7 Å². The van der Waals surface area contributed by atoms with Crippen molar-refractivity contribution in [2.75, 3.05) is 5.32 Å². The molecular formula is C11H15ClN2O2. The van der Waals surface area contributed by atoms with E-state index in [4.69, 9.17) is 16.7 Å². The van der Waals surface area contributed by atoms with Gasteiger partial charge >= 0.3 is 5.97 Å². The molecule has 5 heteroatoms. The summed E-state index contributed by atoms with van der Waals surface area (Å²) in [4.78, 5) is 14.8. The molecule has 0 fully saturated rings. The molecule has 1 heterocycles. The second-order valence-corrected chi connectivity index (χ2v) is 3.94. The van der Waals surface area contributed by atoms with Crippen molar-refractivity contribution in [3.63, 3.8) is 0 Å². The first-order valence-electron chi connectivity index (χ1n) is 5.24. The van der Waals surface area contributed by atoms with Gasteiger partial charge in [-0.05, 0) is 12.5 Å². The average Bonchev–Trinajstić information content (AvgIpc) is 2.26. The van der Waals surface area contributed by atoms with Crippen LogP contribution in [0.2, 0.25) is 5.02 Å². The smallest absolute Gasteiger partial charge is 0.326 e. The van der Waals surface area contributed by atoms with Crippen LogP contribution in [-0.2, 0) is 4.79 Å². The van der Waals surface area contributed by atoms with E-state index in [1.54, 1.807) is 12.3 Å². The Morgan fingerprint density at radius 3 is 3.00 bits per heavy atom. The fourth-order valence-electron chi connectivity index (χ4n) is 1.35. The minimum atomic E-state index is -0.860. The Kier molecular flexibility index (Phi) is 5.05. The molecule has 1 aromatic heterocycles. The number of carboxylic acids is 1. The van der Waals surface area contributed by atoms with Crippen LogP contribution < -0.4 is 5.32 Å². The maximum atomic E-state index is 11.0. The average molecular weight is 243 g/mol. The van der Waals surface area contributed by atoms with Crippen molar-refractivity contribution in [3.8, 4) is 0 Å². The molecule has 1 rings (SSSR count). The minimum absolute atomic E-state index is 0.435. The van der Waals surface area contributed by atoms with Crippen molar-refractivity contribution in [1.29, 1.82) is 0 Å². The first-order chi connectivity index (χ1) is 7.65. The third kappa shape index (κ3) is 3.70. The van der Waals surface area contributed by atoms with Crippen LogP contribution in [0.1, 0.15) is 26.2 Å². The number of halogens is 1. The van der Waals surface area contributed by atoms with E-state index in [0.29, 0.717) is 17.1 Å². The largest absolute Gasteiger partial charge is 0.480 e. The van der Waals surface area contributed by atoms with Crippen molar-refractivity contribution in [2.24, 2.45) is 0 Å². The summed E-state index contributed by atoms with van der Waals surface area (Å²) in [5, 5.41) is 12.4. The second kappa shape index (κ2) is 6.33. The summed E-state index contributed by atoms with van der Waals surface area (Å²) in [5.41, 5.74) is 0.611. The first-order valence-corrected chi connectivity index (χ1v) is 5.61. The highest BCUT2D eigenvalue weighted by Gasteiger charge is 2.17. The Hall–Kier alpha value is -1.29. The molecule has 0 aliphatic rings. The van der Waals surface area contributed by atoms with Crippen LogP contribution in [0.3, 0.4) is 0 Å². The van der Waals surface area contributed by atoms with Gasteiger partial charge in [-0.1, -0.05) is 31.4 Å². The van der Waals surface area contributed by atoms with E-state index >= 15 is 0 Å². The van der Waals surface area contributed by atoms with Crippen molar-refractivity contribution in [2.45, 2.75) is 32.2 Å². The number of unbranched alkanes of at least 4 members (excludes halogenated alkanes) is 1. The van der Waals surface area contributed by atoms with Gasteiger partial charge < -0.3 is 10.4 Å². The molecule has 0 aromatic carbocycles. The number of aromatic nitrogens is 1. The normalized spacial score (nSPS) is 12.1. The van der Waals surface area contributed by atoms with Gasteiger partial charge in [0.1, 0.15) is 6.04 Å². The molecule has 1 atom stereocenters. The molecule has 0 aliphatic carbocycles. The quantitative estimate of drug-likeness (QED) is 0.805. The molecule has 4 nitrogen and oxygen atoms in total. The molecule has 2 N–H and O–H groups in total. The number of nitrogens with zero attached hydrogens (tertiary/aromatic N) is 1. The van der Waals surface area contributed by atoms with E-state index in [1.165, 1.54) is 6.20 Å². The van der Waals surface area contributed by atoms with Crippen LogP contribution >= 0.6 is 11.6 Å². The summed E-state index contributed by atoms with van der Waals surface area (Å²) in [7, 11) is 0. The molecule has 0 spiro atoms. The van der Waals surface area contributed by atoms with Gasteiger partial charge in [0.2, 0.25) is 0 Å². The fourth-order valence-corrected chi connectivity index (χ4v) is 1.52. The summed E-state index contributed by atoms with van der Waals surface area (Å²) in [6.07, 6.45) is 5.49. The lowest BCUT2D eigenvalue weighted by molar-refractivity contribution is -0.138. The van der Waals surface area contributed by atoms with E-state index in [0.717, 1.165) is 12.8 Å². The maximum absolute atomic E-state index is 11.0. The van der Waals surface area contributed by atoms with Crippen LogP contribution in [0.25, 0.3) is 0 Å². The van der Waals surface area contributed by atoms with Gasteiger partial charge in [-0.25, -0.2) is 4.79 Å². The Labute approximate surface area is 99.6 Å². The fraction of sp³-hybridized carbons (Fsp3) is 0.455. The van der Waals surface area contributed by atoms with Gasteiger partial charge in [-0.15, -0.1) is 0 Å². The van der Waals surface area contributed by atoms with Crippen LogP contribution in [0.4, 0.5) is 5.69 Å². The predicted octanol–water partition coefficient (Wildman–Crippen LogP) is 2.79. The molecular weight excluding hydrogens is 228 g/mol. The zero-order valence-corrected chi connectivity index (χ0v) is 9.87. The van der Waals surface area contributed by atoms with Crippen LogP contribution in [-0.4, -0.2) is 22.1 Å². The van der Waals surface area contributed by atoms with Crippen molar-refractivity contribution in [1.82, 2.24) is 4.98 Å². The number of hydrogen-bond acceptors (Lipinski definition) is 3. The van der Waals surface area contributed by atoms with E-state index in [9.17, 15) is 4.79 Å². The van der Waals surface area contributed by atoms with Gasteiger partial charge in [-0.3, -0.25) is 4.98 Å². The molecule has 16 heavy (non-hydrogen) atoms. The summed E-state index contributed by atoms with van der Waals surface area (Å²) in [6, 6.07) is 1.07. The lowest BCUT2D eigenvalue weighted by Crippen LogP contribution is -2.29. The number of pyridine rings is 1. The maximum Gasteiger partial charge on any atom is 0.326 e. The molecule has 0 unspecified atom stereocenters. The van der Waals surface area contributed by atoms with E-state index in [-0.39, 0.29) is 0 Å². The summed E-state index contributed by atoms with van der Waals surface area (Å²) in [5.74, 6) is -0.860. The summed E-state index contributed by atoms with van der Waals surface area (Å²) < 4.78 is 0. The Bertz CT molecular complexity index is 358. The Morgan fingerprint density at radius 2 is 2.44 bits per heavy atom. The highest BCUT2D eigenvalue weighted by molar-refractivity contribution is 6.33. The third-order valence-electron chi connectivity index (χ3n) is 2.25. The van der Waals surface area contributed by atoms with Crippen LogP contribution in [0, 0.1) is 0 Å². The Morgan fingerprint density at radius 1 is 1.69 bits per heavy atom. The zero-order valence-electron chi connectivity index (χ0n) is 9.11. The molecule has 0 bridgehead atoms. The predicted molar refractivity (Wildman–Crippen MR) is 63.8 cm³/mol. The monoisotopic (exact) mass is 242 g/mol. The number of carboxylic acid groups (broad SMARTS) is 1. The summed E-state index contributed by atoms with van der Waals surface area (Å²) in [6.45, 7) is 2.03. The standard InChI is InChI=1S/C11H15ClN2O2/c1-2-3-4-10(11(15)16)14-9-5-6-13-7-8(9)12/h5-7,10H,2-4H2,1H3,(H,13,14)(H,15,16)/t10-/m0/s1. The number of anilines is 1. The molecule has 0 aliphatic heterocycles. The first kappa shape index (κ1) is 12.8. The van der Waals surface area contributed by atoms with Crippen molar-refractivity contribution >= 4 is 23.3 Å². The van der Waals surface area contributed by atoms with E-state index in [1.807, 2.05) is 6.92 Å². The molecule has 88 valence electrons. The number of aliphatic carboxylic acids is 1. The van der Waals surface area contributed by atoms with Crippen LogP contribution in [0.5, 0.6) is 0 Å². The minimum Gasteiger partial charge on any atom is -0.480 e. The molecule has 0 amide bonds. The molecule has 0 saturated carbocycles. The zero-order chi connectivity index (χ0) is 12.0. The van der Waals surface area contributed by atoms with Crippen molar-refractivity contribution < 1.29 is 9.90 Å². The number of hydrogen-bond donors (Lipinski definition) is 2.